The third-order valence-corrected chi connectivity index (χ3v) is 9.04. The summed E-state index contributed by atoms with van der Waals surface area (Å²) in [5.74, 6) is 1.17. The monoisotopic (exact) mass is 629 g/mol. The molecular formula is C32H36ClN9O3. The number of aromatic nitrogens is 3. The maximum atomic E-state index is 12.4. The average Bonchev–Trinajstić information content (AvgIpc) is 3.07. The Labute approximate surface area is 267 Å². The molecule has 234 valence electrons. The first-order valence-corrected chi connectivity index (χ1v) is 15.7. The molecule has 3 aromatic rings. The fourth-order valence-electron chi connectivity index (χ4n) is 6.02. The Bertz CT molecular complexity index is 1580. The number of pyridine rings is 3. The number of likely N-dealkylation sites (tertiary alicyclic amines) is 1. The maximum Gasteiger partial charge on any atom is 0.328 e. The highest BCUT2D eigenvalue weighted by molar-refractivity contribution is 6.33. The fraction of sp³-hybridized carbons (Fsp3) is 0.438. The molecule has 3 saturated heterocycles. The van der Waals surface area contributed by atoms with Crippen molar-refractivity contribution in [2.75, 3.05) is 54.9 Å². The lowest BCUT2D eigenvalue weighted by atomic mass is 9.82. The molecule has 3 N–H and O–H groups in total. The number of amides is 3. The number of anilines is 3. The van der Waals surface area contributed by atoms with Crippen molar-refractivity contribution in [2.24, 2.45) is 5.41 Å². The molecule has 3 aliphatic rings. The number of nitrogens with one attached hydrogen (secondary N) is 3. The number of ether oxygens (including phenoxy) is 1. The van der Waals surface area contributed by atoms with E-state index in [-0.39, 0.29) is 18.4 Å². The van der Waals surface area contributed by atoms with Gasteiger partial charge in [-0.05, 0) is 55.5 Å². The third kappa shape index (κ3) is 7.33. The second-order valence-electron chi connectivity index (χ2n) is 11.8. The van der Waals surface area contributed by atoms with Crippen molar-refractivity contribution in [3.63, 3.8) is 0 Å². The van der Waals surface area contributed by atoms with Crippen LogP contribution in [-0.4, -0.2) is 77.2 Å². The Morgan fingerprint density at radius 2 is 1.93 bits per heavy atom. The van der Waals surface area contributed by atoms with Gasteiger partial charge in [-0.25, -0.2) is 14.8 Å². The Balaban J connectivity index is 1.06. The summed E-state index contributed by atoms with van der Waals surface area (Å²) in [4.78, 5) is 41.6. The smallest absolute Gasteiger partial charge is 0.328 e. The lowest BCUT2D eigenvalue weighted by molar-refractivity contribution is -0.120. The van der Waals surface area contributed by atoms with E-state index in [1.807, 2.05) is 30.3 Å². The van der Waals surface area contributed by atoms with Crippen LogP contribution in [0.25, 0.3) is 11.3 Å². The Morgan fingerprint density at radius 1 is 1.11 bits per heavy atom. The van der Waals surface area contributed by atoms with Gasteiger partial charge in [0.2, 0.25) is 5.91 Å². The predicted molar refractivity (Wildman–Crippen MR) is 171 cm³/mol. The summed E-state index contributed by atoms with van der Waals surface area (Å²) >= 11 is 6.59. The highest BCUT2D eigenvalue weighted by Gasteiger charge is 2.33. The van der Waals surface area contributed by atoms with Crippen LogP contribution in [0.15, 0.2) is 48.9 Å². The van der Waals surface area contributed by atoms with Crippen LogP contribution in [0.1, 0.15) is 37.7 Å². The van der Waals surface area contributed by atoms with Gasteiger partial charge in [-0.3, -0.25) is 24.9 Å². The topological polar surface area (TPSA) is 148 Å². The first kappa shape index (κ1) is 30.7. The van der Waals surface area contributed by atoms with Crippen LogP contribution in [0.4, 0.5) is 22.1 Å². The van der Waals surface area contributed by atoms with Crippen LogP contribution < -0.4 is 20.9 Å². The van der Waals surface area contributed by atoms with Crippen LogP contribution in [0.5, 0.6) is 0 Å². The molecule has 0 aromatic carbocycles. The highest BCUT2D eigenvalue weighted by Crippen LogP contribution is 2.32. The van der Waals surface area contributed by atoms with E-state index in [0.29, 0.717) is 56.5 Å². The molecule has 0 radical (unpaired) electrons. The van der Waals surface area contributed by atoms with Gasteiger partial charge in [0.05, 0.1) is 34.1 Å². The molecule has 6 rings (SSSR count). The second kappa shape index (κ2) is 13.8. The zero-order valence-corrected chi connectivity index (χ0v) is 25.7. The Kier molecular flexibility index (Phi) is 9.39. The Morgan fingerprint density at radius 3 is 2.71 bits per heavy atom. The molecule has 45 heavy (non-hydrogen) atoms. The van der Waals surface area contributed by atoms with Crippen molar-refractivity contribution in [1.29, 1.82) is 5.26 Å². The van der Waals surface area contributed by atoms with Crippen molar-refractivity contribution in [2.45, 2.75) is 44.7 Å². The van der Waals surface area contributed by atoms with Crippen molar-refractivity contribution in [1.82, 2.24) is 25.2 Å². The van der Waals surface area contributed by atoms with Crippen LogP contribution in [0.2, 0.25) is 5.02 Å². The van der Waals surface area contributed by atoms with Gasteiger partial charge in [0.1, 0.15) is 11.6 Å². The molecule has 6 heterocycles. The number of halogens is 1. The lowest BCUT2D eigenvalue weighted by Gasteiger charge is -2.34. The van der Waals surface area contributed by atoms with Crippen molar-refractivity contribution >= 4 is 40.9 Å². The van der Waals surface area contributed by atoms with Gasteiger partial charge in [-0.2, -0.15) is 5.26 Å². The average molecular weight is 630 g/mol. The number of carbonyl (C=O) groups excluding carboxylic acids is 2. The van der Waals surface area contributed by atoms with E-state index in [1.165, 1.54) is 0 Å². The standard InChI is InChI=1S/C32H36ClN9O3/c33-25-17-36-29(16-24(25)26-2-1-3-28(39-26)37-21-32(20-34)8-14-45-15-9-32)38-23-5-11-41(12-6-23)19-22-4-10-35-18-27(22)42-13-7-30(43)40-31(42)44/h1-4,10,16-18,23H,5-9,11-15,19,21H2,(H,36,38)(H,37,39)(H,40,43,44). The molecule has 3 fully saturated rings. The van der Waals surface area contributed by atoms with E-state index >= 15 is 0 Å². The number of imide groups is 1. The molecule has 3 amide bonds. The van der Waals surface area contributed by atoms with Crippen molar-refractivity contribution < 1.29 is 14.3 Å². The highest BCUT2D eigenvalue weighted by atomic mass is 35.5. The van der Waals surface area contributed by atoms with Gasteiger partial charge in [0.25, 0.3) is 0 Å². The molecule has 13 heteroatoms. The number of rotatable bonds is 9. The van der Waals surface area contributed by atoms with Crippen LogP contribution in [0, 0.1) is 16.7 Å². The molecular weight excluding hydrogens is 594 g/mol. The normalized spacial score (nSPS) is 19.1. The summed E-state index contributed by atoms with van der Waals surface area (Å²) in [6.07, 6.45) is 8.59. The van der Waals surface area contributed by atoms with E-state index in [2.05, 4.69) is 36.9 Å². The fourth-order valence-corrected chi connectivity index (χ4v) is 6.22. The summed E-state index contributed by atoms with van der Waals surface area (Å²) in [6, 6.07) is 11.9. The quantitative estimate of drug-likeness (QED) is 0.310. The van der Waals surface area contributed by atoms with Crippen molar-refractivity contribution in [3.8, 4) is 17.3 Å². The maximum absolute atomic E-state index is 12.4. The first-order valence-electron chi connectivity index (χ1n) is 15.3. The molecule has 0 spiro atoms. The van der Waals surface area contributed by atoms with Crippen LogP contribution in [0.3, 0.4) is 0 Å². The molecule has 0 atom stereocenters. The zero-order chi connectivity index (χ0) is 31.2. The molecule has 12 nitrogen and oxygen atoms in total. The number of carbonyl (C=O) groups is 2. The number of hydrogen-bond acceptors (Lipinski definition) is 10. The van der Waals surface area contributed by atoms with Gasteiger partial charge >= 0.3 is 6.03 Å². The predicted octanol–water partition coefficient (Wildman–Crippen LogP) is 4.45. The summed E-state index contributed by atoms with van der Waals surface area (Å²) in [5.41, 5.74) is 2.79. The van der Waals surface area contributed by atoms with E-state index in [0.717, 1.165) is 54.3 Å². The van der Waals surface area contributed by atoms with Gasteiger partial charge in [0, 0.05) is 76.4 Å². The van der Waals surface area contributed by atoms with Gasteiger partial charge in [0.15, 0.2) is 0 Å². The minimum atomic E-state index is -0.455. The van der Waals surface area contributed by atoms with Gasteiger partial charge < -0.3 is 15.4 Å². The van der Waals surface area contributed by atoms with Gasteiger partial charge in [-0.15, -0.1) is 0 Å². The largest absolute Gasteiger partial charge is 0.381 e. The molecule has 3 aliphatic heterocycles. The summed E-state index contributed by atoms with van der Waals surface area (Å²) in [5, 5.41) is 19.6. The van der Waals surface area contributed by atoms with Crippen molar-refractivity contribution in [3.05, 3.63) is 59.5 Å². The first-order chi connectivity index (χ1) is 21.9. The second-order valence-corrected chi connectivity index (χ2v) is 12.2. The van der Waals surface area contributed by atoms with E-state index < -0.39 is 11.4 Å². The number of hydrogen-bond donors (Lipinski definition) is 3. The Hall–Kier alpha value is -4.31. The zero-order valence-electron chi connectivity index (χ0n) is 25.0. The summed E-state index contributed by atoms with van der Waals surface area (Å²) in [7, 11) is 0. The molecule has 0 aliphatic carbocycles. The summed E-state index contributed by atoms with van der Waals surface area (Å²) in [6.45, 7) is 4.48. The SMILES string of the molecule is N#CC1(CNc2cccc(-c3cc(NC4CCN(Cc5ccncc5N5CCC(=O)NC5=O)CC4)ncc3Cl)n2)CCOCC1. The molecule has 0 saturated carbocycles. The van der Waals surface area contributed by atoms with E-state index in [1.54, 1.807) is 23.5 Å². The number of nitriles is 1. The number of piperidine rings is 1. The number of urea groups is 1. The van der Waals surface area contributed by atoms with E-state index in [4.69, 9.17) is 21.3 Å². The molecule has 3 aromatic heterocycles. The van der Waals surface area contributed by atoms with E-state index in [9.17, 15) is 14.9 Å². The minimum absolute atomic E-state index is 0.237. The van der Waals surface area contributed by atoms with Crippen LogP contribution >= 0.6 is 11.6 Å². The lowest BCUT2D eigenvalue weighted by Crippen LogP contribution is -2.50. The van der Waals surface area contributed by atoms with Crippen LogP contribution in [-0.2, 0) is 16.1 Å². The summed E-state index contributed by atoms with van der Waals surface area (Å²) < 4.78 is 5.45. The number of nitrogens with zero attached hydrogens (tertiary/aromatic N) is 6. The molecule has 0 unspecified atom stereocenters. The third-order valence-electron chi connectivity index (χ3n) is 8.74. The van der Waals surface area contributed by atoms with Gasteiger partial charge in [-0.1, -0.05) is 17.7 Å². The molecule has 0 bridgehead atoms. The minimum Gasteiger partial charge on any atom is -0.381 e.